The summed E-state index contributed by atoms with van der Waals surface area (Å²) in [6.45, 7) is 0. The second-order valence-electron chi connectivity index (χ2n) is 3.28. The van der Waals surface area contributed by atoms with Crippen molar-refractivity contribution in [1.82, 2.24) is 4.98 Å². The van der Waals surface area contributed by atoms with E-state index >= 15 is 0 Å². The van der Waals surface area contributed by atoms with Crippen LogP contribution < -0.4 is 0 Å². The molecule has 1 heteroatoms. The highest BCUT2D eigenvalue weighted by Gasteiger charge is 1.94. The molecule has 1 aromatic heterocycles. The highest BCUT2D eigenvalue weighted by Crippen LogP contribution is 2.05. The summed E-state index contributed by atoms with van der Waals surface area (Å²) >= 11 is 0. The molecule has 0 aliphatic heterocycles. The van der Waals surface area contributed by atoms with Crippen LogP contribution in [0.25, 0.3) is 0 Å². The molecule has 0 aliphatic carbocycles. The topological polar surface area (TPSA) is 12.9 Å². The molecule has 0 saturated heterocycles. The van der Waals surface area contributed by atoms with E-state index in [1.807, 2.05) is 18.3 Å². The molecule has 1 radical (unpaired) electrons. The van der Waals surface area contributed by atoms with Crippen LogP contribution in [0.15, 0.2) is 48.8 Å². The maximum Gasteiger partial charge on any atom is 0.0347 e. The summed E-state index contributed by atoms with van der Waals surface area (Å²) < 4.78 is 0. The van der Waals surface area contributed by atoms with Crippen LogP contribution in [0.4, 0.5) is 0 Å². The van der Waals surface area contributed by atoms with Crippen LogP contribution in [-0.2, 0) is 12.8 Å². The number of pyridine rings is 1. The summed E-state index contributed by atoms with van der Waals surface area (Å²) in [5, 5.41) is 0. The number of hydrogen-bond donors (Lipinski definition) is 0. The fourth-order valence-electron chi connectivity index (χ4n) is 1.43. The third kappa shape index (κ3) is 2.43. The van der Waals surface area contributed by atoms with Gasteiger partial charge in [-0.05, 0) is 30.0 Å². The largest absolute Gasteiger partial charge is 0.264 e. The average molecular weight is 182 g/mol. The van der Waals surface area contributed by atoms with Crippen molar-refractivity contribution >= 4 is 0 Å². The number of benzene rings is 1. The van der Waals surface area contributed by atoms with Gasteiger partial charge in [0.05, 0.1) is 0 Å². The quantitative estimate of drug-likeness (QED) is 0.711. The van der Waals surface area contributed by atoms with E-state index in [0.717, 1.165) is 12.8 Å². The molecule has 0 bridgehead atoms. The van der Waals surface area contributed by atoms with Crippen molar-refractivity contribution in [1.29, 1.82) is 0 Å². The summed E-state index contributed by atoms with van der Waals surface area (Å²) in [4.78, 5) is 4.04. The van der Waals surface area contributed by atoms with Crippen molar-refractivity contribution in [2.24, 2.45) is 0 Å². The van der Waals surface area contributed by atoms with Crippen LogP contribution in [0, 0.1) is 6.07 Å². The number of rotatable bonds is 3. The molecule has 1 aromatic carbocycles. The summed E-state index contributed by atoms with van der Waals surface area (Å²) in [6.07, 6.45) is 5.69. The molecule has 14 heavy (non-hydrogen) atoms. The predicted molar refractivity (Wildman–Crippen MR) is 56.9 cm³/mol. The predicted octanol–water partition coefficient (Wildman–Crippen LogP) is 2.67. The molecule has 0 unspecified atom stereocenters. The Kier molecular flexibility index (Phi) is 2.92. The summed E-state index contributed by atoms with van der Waals surface area (Å²) in [6, 6.07) is 15.5. The molecule has 2 aromatic rings. The van der Waals surface area contributed by atoms with Crippen molar-refractivity contribution in [3.63, 3.8) is 0 Å². The third-order valence-corrected chi connectivity index (χ3v) is 2.20. The molecule has 0 amide bonds. The zero-order valence-corrected chi connectivity index (χ0v) is 7.98. The molecule has 0 aliphatic rings. The van der Waals surface area contributed by atoms with Gasteiger partial charge in [0, 0.05) is 18.5 Å². The standard InChI is InChI=1S/C13H12N/c1-2-5-12(6-3-1)8-9-13-7-4-10-14-11-13/h1-3,5-7,10-11H,8-9H2. The number of hydrogen-bond acceptors (Lipinski definition) is 1. The SMILES string of the molecule is [c]1cncc(CCc2ccccc2)c1. The van der Waals surface area contributed by atoms with E-state index in [4.69, 9.17) is 0 Å². The average Bonchev–Trinajstić information content (AvgIpc) is 2.29. The molecule has 0 N–H and O–H groups in total. The first-order valence-corrected chi connectivity index (χ1v) is 4.79. The van der Waals surface area contributed by atoms with Gasteiger partial charge in [-0.2, -0.15) is 0 Å². The molecule has 1 nitrogen and oxygen atoms in total. The van der Waals surface area contributed by atoms with Crippen LogP contribution in [0.5, 0.6) is 0 Å². The Balaban J connectivity index is 1.96. The van der Waals surface area contributed by atoms with Gasteiger partial charge in [0.25, 0.3) is 0 Å². The summed E-state index contributed by atoms with van der Waals surface area (Å²) in [5.74, 6) is 0. The first-order valence-electron chi connectivity index (χ1n) is 4.79. The van der Waals surface area contributed by atoms with Crippen LogP contribution in [0.1, 0.15) is 11.1 Å². The lowest BCUT2D eigenvalue weighted by molar-refractivity contribution is 0.949. The van der Waals surface area contributed by atoms with Gasteiger partial charge in [-0.1, -0.05) is 30.3 Å². The Labute approximate surface area is 84.4 Å². The van der Waals surface area contributed by atoms with E-state index in [9.17, 15) is 0 Å². The molecule has 1 heterocycles. The zero-order chi connectivity index (χ0) is 9.64. The Morgan fingerprint density at radius 3 is 2.50 bits per heavy atom. The molecule has 2 rings (SSSR count). The van der Waals surface area contributed by atoms with E-state index in [0.29, 0.717) is 0 Å². The third-order valence-electron chi connectivity index (χ3n) is 2.20. The number of aryl methyl sites for hydroxylation is 2. The van der Waals surface area contributed by atoms with Crippen molar-refractivity contribution < 1.29 is 0 Å². The summed E-state index contributed by atoms with van der Waals surface area (Å²) in [5.41, 5.74) is 2.62. The van der Waals surface area contributed by atoms with Gasteiger partial charge in [0.2, 0.25) is 0 Å². The molecular formula is C13H12N. The smallest absolute Gasteiger partial charge is 0.0347 e. The van der Waals surface area contributed by atoms with Crippen LogP contribution >= 0.6 is 0 Å². The van der Waals surface area contributed by atoms with Gasteiger partial charge in [-0.25, -0.2) is 0 Å². The Morgan fingerprint density at radius 2 is 1.79 bits per heavy atom. The molecule has 69 valence electrons. The molecule has 0 fully saturated rings. The van der Waals surface area contributed by atoms with Gasteiger partial charge in [0.1, 0.15) is 0 Å². The van der Waals surface area contributed by atoms with Crippen molar-refractivity contribution in [3.05, 3.63) is 66.0 Å². The number of aromatic nitrogens is 1. The maximum absolute atomic E-state index is 4.04. The lowest BCUT2D eigenvalue weighted by Gasteiger charge is -2.00. The summed E-state index contributed by atoms with van der Waals surface area (Å²) in [7, 11) is 0. The Morgan fingerprint density at radius 1 is 1.00 bits per heavy atom. The molecular weight excluding hydrogens is 170 g/mol. The Hall–Kier alpha value is -1.63. The zero-order valence-electron chi connectivity index (χ0n) is 7.98. The second kappa shape index (κ2) is 4.56. The number of nitrogens with zero attached hydrogens (tertiary/aromatic N) is 1. The van der Waals surface area contributed by atoms with E-state index in [1.165, 1.54) is 11.1 Å². The monoisotopic (exact) mass is 182 g/mol. The van der Waals surface area contributed by atoms with Crippen molar-refractivity contribution in [3.8, 4) is 0 Å². The lowest BCUT2D eigenvalue weighted by Crippen LogP contribution is -1.91. The van der Waals surface area contributed by atoms with Gasteiger partial charge < -0.3 is 0 Å². The maximum atomic E-state index is 4.04. The van der Waals surface area contributed by atoms with Gasteiger partial charge >= 0.3 is 0 Å². The van der Waals surface area contributed by atoms with Gasteiger partial charge in [-0.15, -0.1) is 0 Å². The van der Waals surface area contributed by atoms with Crippen LogP contribution in [0.3, 0.4) is 0 Å². The highest BCUT2D eigenvalue weighted by atomic mass is 14.6. The molecule has 0 spiro atoms. The van der Waals surface area contributed by atoms with E-state index in [-0.39, 0.29) is 0 Å². The minimum Gasteiger partial charge on any atom is -0.264 e. The van der Waals surface area contributed by atoms with Crippen molar-refractivity contribution in [2.45, 2.75) is 12.8 Å². The van der Waals surface area contributed by atoms with Crippen molar-refractivity contribution in [2.75, 3.05) is 0 Å². The fraction of sp³-hybridized carbons (Fsp3) is 0.154. The minimum absolute atomic E-state index is 1.04. The highest BCUT2D eigenvalue weighted by molar-refractivity contribution is 5.17. The Bertz CT molecular complexity index is 327. The molecule has 0 saturated carbocycles. The van der Waals surface area contributed by atoms with Crippen LogP contribution in [-0.4, -0.2) is 4.98 Å². The van der Waals surface area contributed by atoms with Gasteiger partial charge in [0.15, 0.2) is 0 Å². The normalized spacial score (nSPS) is 10.0. The fourth-order valence-corrected chi connectivity index (χ4v) is 1.43. The first-order chi connectivity index (χ1) is 6.95. The van der Waals surface area contributed by atoms with Gasteiger partial charge in [-0.3, -0.25) is 4.98 Å². The molecule has 0 atom stereocenters. The lowest BCUT2D eigenvalue weighted by atomic mass is 10.1. The van der Waals surface area contributed by atoms with E-state index < -0.39 is 0 Å². The minimum atomic E-state index is 1.04. The van der Waals surface area contributed by atoms with Crippen LogP contribution in [0.2, 0.25) is 0 Å². The first kappa shape index (κ1) is 8.95. The van der Waals surface area contributed by atoms with E-state index in [1.54, 1.807) is 6.20 Å². The second-order valence-corrected chi connectivity index (χ2v) is 3.28. The van der Waals surface area contributed by atoms with E-state index in [2.05, 4.69) is 35.3 Å².